The quantitative estimate of drug-likeness (QED) is 0.738. The summed E-state index contributed by atoms with van der Waals surface area (Å²) in [5.74, 6) is -0.204. The van der Waals surface area contributed by atoms with E-state index in [4.69, 9.17) is 4.74 Å². The van der Waals surface area contributed by atoms with Crippen LogP contribution in [0.5, 0.6) is 0 Å². The third-order valence-electron chi connectivity index (χ3n) is 2.35. The zero-order valence-corrected chi connectivity index (χ0v) is 9.45. The van der Waals surface area contributed by atoms with E-state index in [0.717, 1.165) is 5.56 Å². The Morgan fingerprint density at radius 1 is 1.24 bits per heavy atom. The highest BCUT2D eigenvalue weighted by atomic mass is 16.5. The fourth-order valence-corrected chi connectivity index (χ4v) is 1.45. The number of rotatable bonds is 5. The molecule has 0 aliphatic heterocycles. The van der Waals surface area contributed by atoms with Crippen LogP contribution in [-0.2, 0) is 22.7 Å². The Morgan fingerprint density at radius 2 is 2.06 bits per heavy atom. The predicted molar refractivity (Wildman–Crippen MR) is 63.1 cm³/mol. The fraction of sp³-hybridized carbons (Fsp3) is 0.231. The van der Waals surface area contributed by atoms with E-state index in [1.54, 1.807) is 10.9 Å². The molecule has 1 aromatic carbocycles. The molecule has 0 spiro atoms. The number of hydrogen-bond acceptors (Lipinski definition) is 3. The first kappa shape index (κ1) is 11.4. The van der Waals surface area contributed by atoms with Crippen LogP contribution < -0.4 is 0 Å². The maximum absolute atomic E-state index is 11.4. The van der Waals surface area contributed by atoms with Gasteiger partial charge in [-0.3, -0.25) is 9.48 Å². The van der Waals surface area contributed by atoms with Crippen LogP contribution in [-0.4, -0.2) is 15.7 Å². The molecule has 1 aromatic heterocycles. The highest BCUT2D eigenvalue weighted by Gasteiger charge is 2.03. The summed E-state index contributed by atoms with van der Waals surface area (Å²) in [5.41, 5.74) is 1.000. The molecule has 0 unspecified atom stereocenters. The van der Waals surface area contributed by atoms with E-state index in [2.05, 4.69) is 5.10 Å². The molecular formula is C13H14N2O2. The van der Waals surface area contributed by atoms with Gasteiger partial charge in [0.05, 0.1) is 13.0 Å². The molecule has 2 rings (SSSR count). The van der Waals surface area contributed by atoms with Gasteiger partial charge in [0.2, 0.25) is 0 Å². The van der Waals surface area contributed by atoms with E-state index in [0.29, 0.717) is 19.6 Å². The minimum atomic E-state index is -0.204. The summed E-state index contributed by atoms with van der Waals surface area (Å²) in [7, 11) is 0. The highest BCUT2D eigenvalue weighted by molar-refractivity contribution is 5.69. The topological polar surface area (TPSA) is 44.1 Å². The van der Waals surface area contributed by atoms with E-state index in [1.165, 1.54) is 0 Å². The van der Waals surface area contributed by atoms with Crippen molar-refractivity contribution in [3.8, 4) is 0 Å². The molecule has 2 aromatic rings. The lowest BCUT2D eigenvalue weighted by Gasteiger charge is -2.04. The Morgan fingerprint density at radius 3 is 2.76 bits per heavy atom. The van der Waals surface area contributed by atoms with Crippen LogP contribution in [0.2, 0.25) is 0 Å². The summed E-state index contributed by atoms with van der Waals surface area (Å²) in [4.78, 5) is 11.4. The first-order chi connectivity index (χ1) is 8.34. The molecule has 0 aliphatic rings. The van der Waals surface area contributed by atoms with Crippen LogP contribution in [0.3, 0.4) is 0 Å². The third kappa shape index (κ3) is 3.75. The maximum Gasteiger partial charge on any atom is 0.308 e. The lowest BCUT2D eigenvalue weighted by Crippen LogP contribution is -2.09. The molecule has 4 heteroatoms. The second-order valence-electron chi connectivity index (χ2n) is 3.67. The molecule has 0 bridgehead atoms. The van der Waals surface area contributed by atoms with Crippen LogP contribution >= 0.6 is 0 Å². The number of hydrogen-bond donors (Lipinski definition) is 0. The second kappa shape index (κ2) is 5.84. The van der Waals surface area contributed by atoms with Gasteiger partial charge < -0.3 is 4.74 Å². The largest absolute Gasteiger partial charge is 0.461 e. The average Bonchev–Trinajstić information content (AvgIpc) is 2.88. The van der Waals surface area contributed by atoms with Crippen molar-refractivity contribution < 1.29 is 9.53 Å². The van der Waals surface area contributed by atoms with Gasteiger partial charge in [0, 0.05) is 12.4 Å². The molecule has 0 N–H and O–H groups in total. The minimum absolute atomic E-state index is 0.204. The average molecular weight is 230 g/mol. The molecule has 0 amide bonds. The lowest BCUT2D eigenvalue weighted by atomic mass is 10.2. The lowest BCUT2D eigenvalue weighted by molar-refractivity contribution is -0.145. The van der Waals surface area contributed by atoms with E-state index in [1.807, 2.05) is 42.6 Å². The number of aryl methyl sites for hydroxylation is 1. The van der Waals surface area contributed by atoms with Crippen molar-refractivity contribution >= 4 is 5.97 Å². The Bertz CT molecular complexity index is 452. The summed E-state index contributed by atoms with van der Waals surface area (Å²) < 4.78 is 6.86. The monoisotopic (exact) mass is 230 g/mol. The molecule has 0 saturated carbocycles. The Kier molecular flexibility index (Phi) is 3.91. The number of ether oxygens (including phenoxy) is 1. The Balaban J connectivity index is 1.71. The van der Waals surface area contributed by atoms with Gasteiger partial charge in [-0.25, -0.2) is 0 Å². The summed E-state index contributed by atoms with van der Waals surface area (Å²) in [5, 5.41) is 4.02. The van der Waals surface area contributed by atoms with Crippen LogP contribution in [0.1, 0.15) is 12.0 Å². The number of esters is 1. The molecule has 1 heterocycles. The van der Waals surface area contributed by atoms with Gasteiger partial charge >= 0.3 is 5.97 Å². The van der Waals surface area contributed by atoms with Crippen molar-refractivity contribution in [3.05, 3.63) is 54.4 Å². The van der Waals surface area contributed by atoms with Crippen LogP contribution in [0.15, 0.2) is 48.8 Å². The van der Waals surface area contributed by atoms with Gasteiger partial charge in [0.15, 0.2) is 0 Å². The molecule has 0 fully saturated rings. The normalized spacial score (nSPS) is 10.1. The third-order valence-corrected chi connectivity index (χ3v) is 2.35. The summed E-state index contributed by atoms with van der Waals surface area (Å²) in [6.45, 7) is 0.888. The zero-order chi connectivity index (χ0) is 11.9. The van der Waals surface area contributed by atoms with Crippen LogP contribution in [0, 0.1) is 0 Å². The minimum Gasteiger partial charge on any atom is -0.461 e. The van der Waals surface area contributed by atoms with E-state index >= 15 is 0 Å². The van der Waals surface area contributed by atoms with Crippen LogP contribution in [0.25, 0.3) is 0 Å². The van der Waals surface area contributed by atoms with Crippen molar-refractivity contribution in [3.63, 3.8) is 0 Å². The number of nitrogens with zero attached hydrogens (tertiary/aromatic N) is 2. The van der Waals surface area contributed by atoms with Gasteiger partial charge in [-0.2, -0.15) is 5.10 Å². The van der Waals surface area contributed by atoms with Gasteiger partial charge in [-0.05, 0) is 11.6 Å². The molecule has 0 radical (unpaired) electrons. The second-order valence-corrected chi connectivity index (χ2v) is 3.67. The van der Waals surface area contributed by atoms with Gasteiger partial charge in [-0.1, -0.05) is 30.3 Å². The maximum atomic E-state index is 11.4. The number of carbonyl (C=O) groups excluding carboxylic acids is 1. The molecule has 4 nitrogen and oxygen atoms in total. The first-order valence-corrected chi connectivity index (χ1v) is 5.51. The predicted octanol–water partition coefficient (Wildman–Crippen LogP) is 2.02. The van der Waals surface area contributed by atoms with Gasteiger partial charge in [-0.15, -0.1) is 0 Å². The van der Waals surface area contributed by atoms with Gasteiger partial charge in [0.25, 0.3) is 0 Å². The smallest absolute Gasteiger partial charge is 0.308 e. The van der Waals surface area contributed by atoms with E-state index in [9.17, 15) is 4.79 Å². The zero-order valence-electron chi connectivity index (χ0n) is 9.45. The molecule has 0 atom stereocenters. The van der Waals surface area contributed by atoms with Crippen molar-refractivity contribution in [2.75, 3.05) is 0 Å². The Labute approximate surface area is 99.8 Å². The molecule has 17 heavy (non-hydrogen) atoms. The van der Waals surface area contributed by atoms with E-state index in [-0.39, 0.29) is 5.97 Å². The van der Waals surface area contributed by atoms with Crippen LogP contribution in [0.4, 0.5) is 0 Å². The molecule has 88 valence electrons. The summed E-state index contributed by atoms with van der Waals surface area (Å²) in [6, 6.07) is 11.5. The number of aromatic nitrogens is 2. The van der Waals surface area contributed by atoms with Crippen molar-refractivity contribution in [2.45, 2.75) is 19.6 Å². The SMILES string of the molecule is O=C(CCn1cccn1)OCc1ccccc1. The summed E-state index contributed by atoms with van der Waals surface area (Å²) in [6.07, 6.45) is 3.86. The van der Waals surface area contributed by atoms with Crippen molar-refractivity contribution in [2.24, 2.45) is 0 Å². The number of carbonyl (C=O) groups is 1. The molecule has 0 saturated heterocycles. The van der Waals surface area contributed by atoms with Crippen molar-refractivity contribution in [1.82, 2.24) is 9.78 Å². The Hall–Kier alpha value is -2.10. The van der Waals surface area contributed by atoms with E-state index < -0.39 is 0 Å². The fourth-order valence-electron chi connectivity index (χ4n) is 1.45. The standard InChI is InChI=1S/C13H14N2O2/c16-13(7-10-15-9-4-8-14-15)17-11-12-5-2-1-3-6-12/h1-6,8-9H,7,10-11H2. The molecule has 0 aliphatic carbocycles. The number of benzene rings is 1. The summed E-state index contributed by atoms with van der Waals surface area (Å²) >= 11 is 0. The molecular weight excluding hydrogens is 216 g/mol. The first-order valence-electron chi connectivity index (χ1n) is 5.51. The van der Waals surface area contributed by atoms with Crippen molar-refractivity contribution in [1.29, 1.82) is 0 Å². The highest BCUT2D eigenvalue weighted by Crippen LogP contribution is 2.02. The van der Waals surface area contributed by atoms with Gasteiger partial charge in [0.1, 0.15) is 6.61 Å².